The maximum Gasteiger partial charge on any atom is 0.488 e. The lowest BCUT2D eigenvalue weighted by atomic mass is 9.80. The number of aromatic nitrogens is 2. The van der Waals surface area contributed by atoms with E-state index in [9.17, 15) is 0 Å². The molecule has 88 valence electrons. The molecule has 3 N–H and O–H groups in total. The minimum atomic E-state index is -1.44. The van der Waals surface area contributed by atoms with Gasteiger partial charge < -0.3 is 14.8 Å². The summed E-state index contributed by atoms with van der Waals surface area (Å²) in [6.45, 7) is 0.545. The summed E-state index contributed by atoms with van der Waals surface area (Å²) in [5.74, 6) is 0.703. The van der Waals surface area contributed by atoms with E-state index in [1.807, 2.05) is 6.07 Å². The maximum atomic E-state index is 8.92. The summed E-state index contributed by atoms with van der Waals surface area (Å²) in [6, 6.07) is 8.56. The van der Waals surface area contributed by atoms with Gasteiger partial charge in [-0.05, 0) is 23.7 Å². The number of hydrogen-bond acceptors (Lipinski definition) is 4. The van der Waals surface area contributed by atoms with Crippen molar-refractivity contribution >= 4 is 12.6 Å². The molecule has 1 aromatic heterocycles. The molecule has 1 heterocycles. The van der Waals surface area contributed by atoms with Crippen LogP contribution in [0, 0.1) is 0 Å². The molecule has 0 radical (unpaired) electrons. The van der Waals surface area contributed by atoms with Gasteiger partial charge in [-0.15, -0.1) is 0 Å². The van der Waals surface area contributed by atoms with Crippen molar-refractivity contribution in [3.63, 3.8) is 0 Å². The highest BCUT2D eigenvalue weighted by Crippen LogP contribution is 2.08. The lowest BCUT2D eigenvalue weighted by Gasteiger charge is -2.06. The Kier molecular flexibility index (Phi) is 3.79. The van der Waals surface area contributed by atoms with E-state index in [2.05, 4.69) is 10.2 Å². The molecule has 2 aromatic rings. The number of hydrogen-bond donors (Lipinski definition) is 3. The third-order valence-electron chi connectivity index (χ3n) is 2.38. The van der Waals surface area contributed by atoms with Gasteiger partial charge in [-0.3, -0.25) is 5.10 Å². The lowest BCUT2D eigenvalue weighted by molar-refractivity contribution is 0.320. The molecular formula is C11H13BN2O3. The van der Waals surface area contributed by atoms with Gasteiger partial charge in [0.2, 0.25) is 0 Å². The van der Waals surface area contributed by atoms with Gasteiger partial charge in [0, 0.05) is 18.3 Å². The second kappa shape index (κ2) is 5.52. The van der Waals surface area contributed by atoms with Crippen molar-refractivity contribution in [3.05, 3.63) is 42.2 Å². The number of rotatable bonds is 5. The van der Waals surface area contributed by atoms with Gasteiger partial charge in [0.05, 0.1) is 6.61 Å². The van der Waals surface area contributed by atoms with Gasteiger partial charge in [-0.2, -0.15) is 5.10 Å². The molecule has 0 aliphatic heterocycles. The van der Waals surface area contributed by atoms with Gasteiger partial charge >= 0.3 is 7.12 Å². The minimum Gasteiger partial charge on any atom is -0.493 e. The number of H-pyrrole nitrogens is 1. The van der Waals surface area contributed by atoms with Gasteiger partial charge in [0.25, 0.3) is 0 Å². The molecule has 2 rings (SSSR count). The van der Waals surface area contributed by atoms with Gasteiger partial charge in [0.15, 0.2) is 0 Å². The fraction of sp³-hybridized carbons (Fsp3) is 0.182. The molecule has 0 aliphatic carbocycles. The van der Waals surface area contributed by atoms with Crippen LogP contribution in [0.2, 0.25) is 0 Å². The maximum absolute atomic E-state index is 8.92. The van der Waals surface area contributed by atoms with Gasteiger partial charge in [0.1, 0.15) is 5.75 Å². The monoisotopic (exact) mass is 232 g/mol. The van der Waals surface area contributed by atoms with Crippen LogP contribution in [0.1, 0.15) is 5.69 Å². The first-order valence-electron chi connectivity index (χ1n) is 5.33. The summed E-state index contributed by atoms with van der Waals surface area (Å²) in [6.07, 6.45) is 2.46. The van der Waals surface area contributed by atoms with Crippen LogP contribution in [0.5, 0.6) is 5.75 Å². The molecular weight excluding hydrogens is 219 g/mol. The minimum absolute atomic E-state index is 0.450. The second-order valence-corrected chi connectivity index (χ2v) is 3.62. The zero-order chi connectivity index (χ0) is 12.1. The molecule has 0 saturated heterocycles. The first-order chi connectivity index (χ1) is 8.25. The zero-order valence-electron chi connectivity index (χ0n) is 9.21. The molecule has 0 atom stereocenters. The SMILES string of the molecule is OB(O)c1ccc(OCCc2ccn[nH]2)cc1. The van der Waals surface area contributed by atoms with Crippen LogP contribution in [0.4, 0.5) is 0 Å². The Balaban J connectivity index is 1.83. The summed E-state index contributed by atoms with van der Waals surface area (Å²) < 4.78 is 5.50. The third kappa shape index (κ3) is 3.34. The average Bonchev–Trinajstić information content (AvgIpc) is 2.83. The van der Waals surface area contributed by atoms with Crippen molar-refractivity contribution in [2.75, 3.05) is 6.61 Å². The molecule has 0 fully saturated rings. The van der Waals surface area contributed by atoms with E-state index in [1.165, 1.54) is 0 Å². The predicted molar refractivity (Wildman–Crippen MR) is 64.1 cm³/mol. The molecule has 0 bridgehead atoms. The summed E-state index contributed by atoms with van der Waals surface area (Å²) in [5, 5.41) is 24.5. The molecule has 5 nitrogen and oxygen atoms in total. The van der Waals surface area contributed by atoms with E-state index in [1.54, 1.807) is 30.5 Å². The van der Waals surface area contributed by atoms with Crippen molar-refractivity contribution in [1.29, 1.82) is 0 Å². The Morgan fingerprint density at radius 2 is 1.94 bits per heavy atom. The van der Waals surface area contributed by atoms with Crippen LogP contribution in [0.3, 0.4) is 0 Å². The van der Waals surface area contributed by atoms with E-state index >= 15 is 0 Å². The lowest BCUT2D eigenvalue weighted by Crippen LogP contribution is -2.29. The number of benzene rings is 1. The third-order valence-corrected chi connectivity index (χ3v) is 2.38. The Morgan fingerprint density at radius 1 is 1.18 bits per heavy atom. The van der Waals surface area contributed by atoms with Crippen molar-refractivity contribution < 1.29 is 14.8 Å². The second-order valence-electron chi connectivity index (χ2n) is 3.62. The number of ether oxygens (including phenoxy) is 1. The van der Waals surface area contributed by atoms with Crippen LogP contribution in [0.25, 0.3) is 0 Å². The Labute approximate surface area is 99.2 Å². The van der Waals surface area contributed by atoms with Crippen molar-refractivity contribution in [2.24, 2.45) is 0 Å². The van der Waals surface area contributed by atoms with Crippen LogP contribution in [-0.2, 0) is 6.42 Å². The Morgan fingerprint density at radius 3 is 2.53 bits per heavy atom. The average molecular weight is 232 g/mol. The summed E-state index contributed by atoms with van der Waals surface area (Å²) >= 11 is 0. The number of nitrogens with one attached hydrogen (secondary N) is 1. The van der Waals surface area contributed by atoms with E-state index < -0.39 is 7.12 Å². The highest BCUT2D eigenvalue weighted by atomic mass is 16.5. The number of nitrogens with zero attached hydrogens (tertiary/aromatic N) is 1. The molecule has 6 heteroatoms. The molecule has 0 amide bonds. The first kappa shape index (κ1) is 11.7. The fourth-order valence-corrected chi connectivity index (χ4v) is 1.44. The normalized spacial score (nSPS) is 10.2. The van der Waals surface area contributed by atoms with Crippen molar-refractivity contribution in [2.45, 2.75) is 6.42 Å². The van der Waals surface area contributed by atoms with E-state index in [4.69, 9.17) is 14.8 Å². The predicted octanol–water partition coefficient (Wildman–Crippen LogP) is -0.289. The van der Waals surface area contributed by atoms with Crippen LogP contribution in [-0.4, -0.2) is 34.0 Å². The fourth-order valence-electron chi connectivity index (χ4n) is 1.44. The van der Waals surface area contributed by atoms with Crippen LogP contribution < -0.4 is 10.2 Å². The molecule has 0 unspecified atom stereocenters. The largest absolute Gasteiger partial charge is 0.493 e. The van der Waals surface area contributed by atoms with Crippen molar-refractivity contribution in [3.8, 4) is 5.75 Å². The van der Waals surface area contributed by atoms with Crippen LogP contribution in [0.15, 0.2) is 36.5 Å². The summed E-state index contributed by atoms with van der Waals surface area (Å²) in [4.78, 5) is 0. The number of aromatic amines is 1. The zero-order valence-corrected chi connectivity index (χ0v) is 9.21. The summed E-state index contributed by atoms with van der Waals surface area (Å²) in [7, 11) is -1.44. The quantitative estimate of drug-likeness (QED) is 0.619. The molecule has 0 aliphatic rings. The topological polar surface area (TPSA) is 78.4 Å². The highest BCUT2D eigenvalue weighted by molar-refractivity contribution is 6.58. The molecule has 0 spiro atoms. The standard InChI is InChI=1S/C11H13BN2O3/c15-12(16)9-1-3-11(4-2-9)17-8-6-10-5-7-13-14-10/h1-5,7,15-16H,6,8H2,(H,13,14). The first-order valence-corrected chi connectivity index (χ1v) is 5.33. The van der Waals surface area contributed by atoms with E-state index in [-0.39, 0.29) is 0 Å². The molecule has 17 heavy (non-hydrogen) atoms. The Bertz CT molecular complexity index is 442. The van der Waals surface area contributed by atoms with Crippen LogP contribution >= 0.6 is 0 Å². The van der Waals surface area contributed by atoms with E-state index in [0.717, 1.165) is 12.1 Å². The van der Waals surface area contributed by atoms with E-state index in [0.29, 0.717) is 17.8 Å². The van der Waals surface area contributed by atoms with Gasteiger partial charge in [-0.25, -0.2) is 0 Å². The highest BCUT2D eigenvalue weighted by Gasteiger charge is 2.09. The molecule has 1 aromatic carbocycles. The molecule has 0 saturated carbocycles. The van der Waals surface area contributed by atoms with Crippen molar-refractivity contribution in [1.82, 2.24) is 10.2 Å². The Hall–Kier alpha value is -1.79. The summed E-state index contributed by atoms with van der Waals surface area (Å²) in [5.41, 5.74) is 1.47. The smallest absolute Gasteiger partial charge is 0.488 e. The van der Waals surface area contributed by atoms with Gasteiger partial charge in [-0.1, -0.05) is 12.1 Å².